The number of hydrogen-bond donors (Lipinski definition) is 1. The molecule has 0 heterocycles. The lowest BCUT2D eigenvalue weighted by atomic mass is 9.94. The summed E-state index contributed by atoms with van der Waals surface area (Å²) >= 11 is 2.27. The summed E-state index contributed by atoms with van der Waals surface area (Å²) in [6.07, 6.45) is 3.78. The van der Waals surface area contributed by atoms with Crippen molar-refractivity contribution in [2.45, 2.75) is 31.2 Å². The molecular formula is C9H17INO2+. The Morgan fingerprint density at radius 3 is 2.23 bits per heavy atom. The zero-order chi connectivity index (χ0) is 10.1. The van der Waals surface area contributed by atoms with Gasteiger partial charge in [0, 0.05) is 12.8 Å². The van der Waals surface area contributed by atoms with E-state index in [-0.39, 0.29) is 0 Å². The van der Waals surface area contributed by atoms with Crippen LogP contribution in [0.25, 0.3) is 0 Å². The molecule has 0 radical (unpaired) electrons. The Balaban J connectivity index is 2.97. The predicted molar refractivity (Wildman–Crippen MR) is 59.8 cm³/mol. The standard InChI is InChI=1S/C9H16INO2/c1-11(2,7-10)9(8(12)13)5-3-4-6-9/h3-7H2,1-2H3/p+1. The van der Waals surface area contributed by atoms with Crippen molar-refractivity contribution >= 4 is 28.6 Å². The van der Waals surface area contributed by atoms with Crippen LogP contribution in [0.3, 0.4) is 0 Å². The highest BCUT2D eigenvalue weighted by atomic mass is 127. The molecule has 3 nitrogen and oxygen atoms in total. The number of carboxylic acids is 1. The average Bonchev–Trinajstić information content (AvgIpc) is 2.53. The van der Waals surface area contributed by atoms with Gasteiger partial charge in [0.15, 0.2) is 5.54 Å². The van der Waals surface area contributed by atoms with Crippen LogP contribution in [0.4, 0.5) is 0 Å². The molecule has 13 heavy (non-hydrogen) atoms. The first-order valence-corrected chi connectivity index (χ1v) is 6.11. The molecule has 1 fully saturated rings. The maximum absolute atomic E-state index is 11.3. The van der Waals surface area contributed by atoms with Gasteiger partial charge in [0.2, 0.25) is 0 Å². The lowest BCUT2D eigenvalue weighted by Crippen LogP contribution is -2.61. The fraction of sp³-hybridized carbons (Fsp3) is 0.889. The summed E-state index contributed by atoms with van der Waals surface area (Å²) in [5.41, 5.74) is -0.513. The molecule has 0 unspecified atom stereocenters. The second-order valence-electron chi connectivity index (χ2n) is 4.35. The van der Waals surface area contributed by atoms with E-state index >= 15 is 0 Å². The van der Waals surface area contributed by atoms with Gasteiger partial charge in [-0.15, -0.1) is 0 Å². The van der Waals surface area contributed by atoms with E-state index in [1.165, 1.54) is 0 Å². The Morgan fingerprint density at radius 2 is 1.92 bits per heavy atom. The molecule has 0 atom stereocenters. The van der Waals surface area contributed by atoms with Gasteiger partial charge >= 0.3 is 5.97 Å². The molecule has 1 N–H and O–H groups in total. The van der Waals surface area contributed by atoms with Crippen molar-refractivity contribution in [1.82, 2.24) is 0 Å². The Morgan fingerprint density at radius 1 is 1.46 bits per heavy atom. The third-order valence-electron chi connectivity index (χ3n) is 3.29. The normalized spacial score (nSPS) is 21.8. The van der Waals surface area contributed by atoms with Crippen LogP contribution in [0.1, 0.15) is 25.7 Å². The Bertz CT molecular complexity index is 210. The second kappa shape index (κ2) is 3.73. The van der Waals surface area contributed by atoms with Gasteiger partial charge in [0.05, 0.1) is 14.1 Å². The van der Waals surface area contributed by atoms with Crippen LogP contribution < -0.4 is 0 Å². The summed E-state index contributed by atoms with van der Waals surface area (Å²) in [7, 11) is 4.04. The molecule has 4 heteroatoms. The predicted octanol–water partition coefficient (Wildman–Crippen LogP) is 1.85. The van der Waals surface area contributed by atoms with Crippen molar-refractivity contribution in [3.05, 3.63) is 0 Å². The summed E-state index contributed by atoms with van der Waals surface area (Å²) in [6, 6.07) is 0. The van der Waals surface area contributed by atoms with E-state index in [2.05, 4.69) is 22.6 Å². The summed E-state index contributed by atoms with van der Waals surface area (Å²) in [5.74, 6) is -0.619. The lowest BCUT2D eigenvalue weighted by molar-refractivity contribution is -0.916. The molecule has 1 aliphatic carbocycles. The van der Waals surface area contributed by atoms with Crippen molar-refractivity contribution in [3.63, 3.8) is 0 Å². The van der Waals surface area contributed by atoms with Crippen molar-refractivity contribution in [2.75, 3.05) is 18.6 Å². The van der Waals surface area contributed by atoms with E-state index in [1.54, 1.807) is 0 Å². The molecule has 76 valence electrons. The molecule has 0 spiro atoms. The summed E-state index contributed by atoms with van der Waals surface area (Å²) in [4.78, 5) is 11.3. The van der Waals surface area contributed by atoms with Crippen molar-refractivity contribution in [3.8, 4) is 0 Å². The number of rotatable bonds is 3. The minimum absolute atomic E-state index is 0.513. The maximum Gasteiger partial charge on any atom is 0.365 e. The van der Waals surface area contributed by atoms with Crippen molar-refractivity contribution in [2.24, 2.45) is 0 Å². The Labute approximate surface area is 92.8 Å². The zero-order valence-electron chi connectivity index (χ0n) is 8.22. The van der Waals surface area contributed by atoms with Crippen LogP contribution in [0, 0.1) is 0 Å². The van der Waals surface area contributed by atoms with E-state index < -0.39 is 11.5 Å². The van der Waals surface area contributed by atoms with Gasteiger partial charge in [-0.25, -0.2) is 4.79 Å². The molecule has 1 aliphatic rings. The van der Waals surface area contributed by atoms with Gasteiger partial charge in [-0.05, 0) is 35.4 Å². The van der Waals surface area contributed by atoms with Gasteiger partial charge in [-0.1, -0.05) is 0 Å². The van der Waals surface area contributed by atoms with E-state index in [4.69, 9.17) is 0 Å². The fourth-order valence-electron chi connectivity index (χ4n) is 2.15. The number of alkyl halides is 1. The average molecular weight is 298 g/mol. The number of quaternary nitrogens is 1. The largest absolute Gasteiger partial charge is 0.477 e. The SMILES string of the molecule is C[N+](C)(CI)C1(C(=O)O)CCCC1. The minimum atomic E-state index is -0.619. The summed E-state index contributed by atoms with van der Waals surface area (Å²) in [6.45, 7) is 0. The Kier molecular flexibility index (Phi) is 3.22. The van der Waals surface area contributed by atoms with Crippen LogP contribution in [0.15, 0.2) is 0 Å². The first kappa shape index (κ1) is 11.2. The van der Waals surface area contributed by atoms with Crippen molar-refractivity contribution < 1.29 is 14.4 Å². The highest BCUT2D eigenvalue weighted by Gasteiger charge is 2.53. The number of aliphatic carboxylic acids is 1. The van der Waals surface area contributed by atoms with Crippen molar-refractivity contribution in [1.29, 1.82) is 0 Å². The molecular weight excluding hydrogens is 281 g/mol. The third kappa shape index (κ3) is 1.70. The molecule has 0 saturated heterocycles. The molecule has 0 aromatic carbocycles. The first-order chi connectivity index (χ1) is 5.96. The van der Waals surface area contributed by atoms with Crippen LogP contribution in [-0.4, -0.2) is 39.7 Å². The van der Waals surface area contributed by atoms with E-state index in [0.717, 1.165) is 30.2 Å². The van der Waals surface area contributed by atoms with Crippen LogP contribution >= 0.6 is 22.6 Å². The highest BCUT2D eigenvalue weighted by Crippen LogP contribution is 2.39. The molecule has 0 amide bonds. The van der Waals surface area contributed by atoms with Crippen LogP contribution in [-0.2, 0) is 4.79 Å². The number of carboxylic acid groups (broad SMARTS) is 1. The van der Waals surface area contributed by atoms with E-state index in [9.17, 15) is 9.90 Å². The summed E-state index contributed by atoms with van der Waals surface area (Å²) < 4.78 is 1.45. The highest BCUT2D eigenvalue weighted by molar-refractivity contribution is 14.1. The molecule has 1 rings (SSSR count). The number of likely N-dealkylation sites (N-methyl/N-ethyl adjacent to an activating group) is 1. The monoisotopic (exact) mass is 298 g/mol. The minimum Gasteiger partial charge on any atom is -0.477 e. The number of hydrogen-bond acceptors (Lipinski definition) is 1. The lowest BCUT2D eigenvalue weighted by Gasteiger charge is -2.42. The summed E-state index contributed by atoms with van der Waals surface area (Å²) in [5, 5.41) is 9.31. The number of carbonyl (C=O) groups is 1. The smallest absolute Gasteiger partial charge is 0.365 e. The van der Waals surface area contributed by atoms with E-state index in [1.807, 2.05) is 14.1 Å². The van der Waals surface area contributed by atoms with E-state index in [0.29, 0.717) is 4.48 Å². The number of halogens is 1. The van der Waals surface area contributed by atoms with Gasteiger partial charge < -0.3 is 9.59 Å². The fourth-order valence-corrected chi connectivity index (χ4v) is 2.81. The topological polar surface area (TPSA) is 37.3 Å². The van der Waals surface area contributed by atoms with Crippen LogP contribution in [0.2, 0.25) is 0 Å². The quantitative estimate of drug-likeness (QED) is 0.374. The van der Waals surface area contributed by atoms with Gasteiger partial charge in [-0.3, -0.25) is 0 Å². The Hall–Kier alpha value is 0.160. The molecule has 0 aromatic heterocycles. The molecule has 0 aliphatic heterocycles. The van der Waals surface area contributed by atoms with Gasteiger partial charge in [0.25, 0.3) is 0 Å². The number of nitrogens with zero attached hydrogens (tertiary/aromatic N) is 1. The molecule has 1 saturated carbocycles. The van der Waals surface area contributed by atoms with Crippen LogP contribution in [0.5, 0.6) is 0 Å². The zero-order valence-corrected chi connectivity index (χ0v) is 10.4. The first-order valence-electron chi connectivity index (χ1n) is 4.59. The maximum atomic E-state index is 11.3. The third-order valence-corrected chi connectivity index (χ3v) is 4.99. The van der Waals surface area contributed by atoms with Gasteiger partial charge in [0.1, 0.15) is 4.55 Å². The second-order valence-corrected chi connectivity index (χ2v) is 5.03. The van der Waals surface area contributed by atoms with Gasteiger partial charge in [-0.2, -0.15) is 0 Å². The molecule has 0 bridgehead atoms. The molecule has 0 aromatic rings.